The summed E-state index contributed by atoms with van der Waals surface area (Å²) >= 11 is 0. The van der Waals surface area contributed by atoms with Crippen LogP contribution in [0.3, 0.4) is 0 Å². The van der Waals surface area contributed by atoms with Crippen LogP contribution in [-0.4, -0.2) is 22.5 Å². The molecule has 0 aliphatic carbocycles. The van der Waals surface area contributed by atoms with Gasteiger partial charge in [-0.05, 0) is 0 Å². The summed E-state index contributed by atoms with van der Waals surface area (Å²) in [6.45, 7) is 0. The van der Waals surface area contributed by atoms with Crippen molar-refractivity contribution in [1.82, 2.24) is 0 Å². The predicted molar refractivity (Wildman–Crippen MR) is 16.8 cm³/mol. The van der Waals surface area contributed by atoms with Crippen molar-refractivity contribution in [2.45, 2.75) is 0 Å². The first-order valence-electron chi connectivity index (χ1n) is 1.06. The molecule has 0 bridgehead atoms. The van der Waals surface area contributed by atoms with E-state index in [0.29, 0.717) is 0 Å². The van der Waals surface area contributed by atoms with E-state index in [0.717, 1.165) is 0 Å². The van der Waals surface area contributed by atoms with E-state index >= 15 is 0 Å². The second-order valence-corrected chi connectivity index (χ2v) is 0.366. The van der Waals surface area contributed by atoms with Crippen molar-refractivity contribution in [3.05, 3.63) is 0 Å². The van der Waals surface area contributed by atoms with E-state index < -0.39 is 6.16 Å². The summed E-state index contributed by atoms with van der Waals surface area (Å²) in [5.41, 5.74) is 0. The average molecular weight is 146 g/mol. The van der Waals surface area contributed by atoms with Gasteiger partial charge >= 0.3 is 63.7 Å². The molecule has 0 spiro atoms. The van der Waals surface area contributed by atoms with Gasteiger partial charge in [-0.25, -0.2) is 4.79 Å². The maximum absolute atomic E-state index is 8.56. The molecule has 0 aliphatic heterocycles. The molecule has 0 atom stereocenters. The molecule has 0 saturated heterocycles. The number of hydrogen-bond donors (Lipinski definition) is 2. The van der Waals surface area contributed by atoms with Crippen LogP contribution in [0, 0.1) is 0 Å². The topological polar surface area (TPSA) is 91.7 Å². The van der Waals surface area contributed by atoms with Gasteiger partial charge in [0.25, 0.3) is 0 Å². The van der Waals surface area contributed by atoms with Crippen molar-refractivity contribution < 1.29 is 77.4 Å². The van der Waals surface area contributed by atoms with Crippen LogP contribution in [0.15, 0.2) is 0 Å². The van der Waals surface area contributed by atoms with Gasteiger partial charge in [0.2, 0.25) is 0 Å². The summed E-state index contributed by atoms with van der Waals surface area (Å²) in [6.07, 6.45) is -1.58. The molecule has 0 saturated carbocycles. The monoisotopic (exact) mass is 146 g/mol. The Bertz CT molecular complexity index is 83.0. The first kappa shape index (κ1) is 15.7. The molecule has 42 valence electrons. The Hall–Kier alpha value is 0.286. The Balaban J connectivity index is -0.0000000233. The van der Waals surface area contributed by atoms with Gasteiger partial charge in [0, 0.05) is 0 Å². The first-order valence-corrected chi connectivity index (χ1v) is 1.06. The zero-order valence-corrected chi connectivity index (χ0v) is 7.24. The van der Waals surface area contributed by atoms with Crippen LogP contribution >= 0.6 is 0 Å². The molecule has 0 heterocycles. The summed E-state index contributed by atoms with van der Waals surface area (Å²) in [7, 11) is 0. The smallest absolute Gasteiger partial charge is 1.00 e. The Morgan fingerprint density at radius 1 is 1.38 bits per heavy atom. The Kier molecular flexibility index (Phi) is 30.8. The molecule has 5 nitrogen and oxygen atoms in total. The summed E-state index contributed by atoms with van der Waals surface area (Å²) in [6, 6.07) is 0. The van der Waals surface area contributed by atoms with E-state index in [2.05, 4.69) is 0 Å². The summed E-state index contributed by atoms with van der Waals surface area (Å²) in [4.78, 5) is 24.8. The van der Waals surface area contributed by atoms with Gasteiger partial charge in [-0.15, -0.1) is 0 Å². The standard InChI is InChI=1S/CH2O3.CO2.K.H/c2-1(3)4;2-1-3;;/h(H2,2,3,4);;;/q;;+1;-1. The van der Waals surface area contributed by atoms with Gasteiger partial charge in [0.15, 0.2) is 0 Å². The molecule has 0 aromatic rings. The molecule has 0 aliphatic rings. The minimum Gasteiger partial charge on any atom is -1.00 e. The molecule has 8 heavy (non-hydrogen) atoms. The minimum atomic E-state index is -1.83. The molecular weight excluding hydrogens is 143 g/mol. The largest absolute Gasteiger partial charge is 1.00 e. The van der Waals surface area contributed by atoms with E-state index in [9.17, 15) is 0 Å². The second kappa shape index (κ2) is 15.7. The maximum Gasteiger partial charge on any atom is 1.00 e. The van der Waals surface area contributed by atoms with Gasteiger partial charge in [-0.3, -0.25) is 0 Å². The summed E-state index contributed by atoms with van der Waals surface area (Å²) in [5.74, 6) is 0. The van der Waals surface area contributed by atoms with Crippen molar-refractivity contribution in [1.29, 1.82) is 0 Å². The Labute approximate surface area is 88.6 Å². The zero-order chi connectivity index (χ0) is 6.28. The molecule has 0 radical (unpaired) electrons. The predicted octanol–water partition coefficient (Wildman–Crippen LogP) is -3.24. The van der Waals surface area contributed by atoms with Crippen LogP contribution in [0.2, 0.25) is 0 Å². The number of carboxylic acid groups (broad SMARTS) is 2. The Morgan fingerprint density at radius 3 is 1.38 bits per heavy atom. The Morgan fingerprint density at radius 2 is 1.38 bits per heavy atom. The fourth-order valence-corrected chi connectivity index (χ4v) is 0. The molecule has 0 unspecified atom stereocenters. The molecular formula is C2H3KO5. The number of carbonyl (C=O) groups excluding carboxylic acids is 2. The van der Waals surface area contributed by atoms with Crippen LogP contribution in [-0.2, 0) is 9.59 Å². The molecule has 2 N–H and O–H groups in total. The van der Waals surface area contributed by atoms with Gasteiger partial charge in [-0.2, -0.15) is 9.59 Å². The summed E-state index contributed by atoms with van der Waals surface area (Å²) in [5, 5.41) is 13.9. The van der Waals surface area contributed by atoms with Crippen molar-refractivity contribution in [2.75, 3.05) is 0 Å². The van der Waals surface area contributed by atoms with E-state index in [1.807, 2.05) is 0 Å². The quantitative estimate of drug-likeness (QED) is 0.350. The first-order chi connectivity index (χ1) is 3.15. The van der Waals surface area contributed by atoms with Crippen LogP contribution in [0.1, 0.15) is 1.43 Å². The molecule has 0 fully saturated rings. The maximum atomic E-state index is 8.56. The molecule has 0 aromatic carbocycles. The van der Waals surface area contributed by atoms with Crippen molar-refractivity contribution in [3.8, 4) is 0 Å². The number of hydrogen-bond acceptors (Lipinski definition) is 3. The minimum absolute atomic E-state index is 0. The van der Waals surface area contributed by atoms with E-state index in [1.54, 1.807) is 0 Å². The van der Waals surface area contributed by atoms with Crippen molar-refractivity contribution in [3.63, 3.8) is 0 Å². The zero-order valence-electron chi connectivity index (χ0n) is 5.12. The van der Waals surface area contributed by atoms with Crippen molar-refractivity contribution in [2.24, 2.45) is 0 Å². The van der Waals surface area contributed by atoms with Gasteiger partial charge in [0.05, 0.1) is 0 Å². The van der Waals surface area contributed by atoms with Gasteiger partial charge < -0.3 is 11.6 Å². The molecule has 0 amide bonds. The fraction of sp³-hybridized carbons (Fsp3) is 0. The number of rotatable bonds is 0. The van der Waals surface area contributed by atoms with E-state index in [4.69, 9.17) is 24.6 Å². The van der Waals surface area contributed by atoms with E-state index in [1.165, 1.54) is 0 Å². The molecule has 0 aromatic heterocycles. The van der Waals surface area contributed by atoms with Crippen LogP contribution in [0.25, 0.3) is 0 Å². The van der Waals surface area contributed by atoms with Crippen LogP contribution < -0.4 is 51.4 Å². The van der Waals surface area contributed by atoms with Crippen LogP contribution in [0.5, 0.6) is 0 Å². The van der Waals surface area contributed by atoms with Gasteiger partial charge in [0.1, 0.15) is 0 Å². The third-order valence-corrected chi connectivity index (χ3v) is 0. The second-order valence-electron chi connectivity index (χ2n) is 0.366. The molecule has 6 heteroatoms. The normalized spacial score (nSPS) is 4.00. The number of carbonyl (C=O) groups is 1. The molecule has 0 rings (SSSR count). The average Bonchev–Trinajstić information content (AvgIpc) is 1.33. The SMILES string of the molecule is O=C(O)O.O=C=O.[H-].[K+]. The van der Waals surface area contributed by atoms with E-state index in [-0.39, 0.29) is 59.0 Å². The van der Waals surface area contributed by atoms with Crippen LogP contribution in [0.4, 0.5) is 4.79 Å². The third-order valence-electron chi connectivity index (χ3n) is 0. The van der Waals surface area contributed by atoms with Gasteiger partial charge in [-0.1, -0.05) is 0 Å². The fourth-order valence-electron chi connectivity index (χ4n) is 0. The third kappa shape index (κ3) is 2140. The summed E-state index contributed by atoms with van der Waals surface area (Å²) < 4.78 is 0. The van der Waals surface area contributed by atoms with Crippen molar-refractivity contribution >= 4 is 12.3 Å².